The van der Waals surface area contributed by atoms with Gasteiger partial charge in [0, 0.05) is 31.3 Å². The number of hydrogen-bond acceptors (Lipinski definition) is 4. The number of thiol groups is 4. The van der Waals surface area contributed by atoms with E-state index in [9.17, 15) is 0 Å². The lowest BCUT2D eigenvalue weighted by Crippen LogP contribution is -2.02. The number of fused-ring (bicyclic) bond motifs is 6. The highest BCUT2D eigenvalue weighted by molar-refractivity contribution is 7.81. The summed E-state index contributed by atoms with van der Waals surface area (Å²) >= 11 is 20.8. The molecule has 0 N–H and O–H groups in total. The molecule has 0 amide bonds. The molecule has 0 heterocycles. The van der Waals surface area contributed by atoms with Gasteiger partial charge in [0.05, 0.1) is 0 Å². The molecule has 8 aromatic rings. The summed E-state index contributed by atoms with van der Waals surface area (Å²) in [5.41, 5.74) is 7.30. The first-order valence-electron chi connectivity index (χ1n) is 15.7. The molecule has 0 aliphatic heterocycles. The highest BCUT2D eigenvalue weighted by Gasteiger charge is 2.26. The van der Waals surface area contributed by atoms with Crippen molar-refractivity contribution in [2.45, 2.75) is 22.6 Å². The van der Waals surface area contributed by atoms with Crippen LogP contribution in [0.5, 0.6) is 0 Å². The predicted octanol–water partition coefficient (Wildman–Crippen LogP) is 12.3. The second-order valence-electron chi connectivity index (χ2n) is 11.8. The summed E-state index contributed by atoms with van der Waals surface area (Å²) in [5, 5.41) is 12.1. The van der Waals surface area contributed by atoms with Crippen molar-refractivity contribution in [1.82, 2.24) is 0 Å². The highest BCUT2D eigenvalue weighted by Crippen LogP contribution is 2.53. The summed E-state index contributed by atoms with van der Waals surface area (Å²) in [5.74, 6) is 1.46. The monoisotopic (exact) mass is 664 g/mol. The minimum absolute atomic E-state index is 0.727. The van der Waals surface area contributed by atoms with Crippen molar-refractivity contribution >= 4 is 104 Å². The normalized spacial score (nSPS) is 11.8. The molecule has 0 saturated heterocycles. The minimum atomic E-state index is 0.727. The average Bonchev–Trinajstić information content (AvgIpc) is 3.10. The van der Waals surface area contributed by atoms with E-state index in [1.165, 1.54) is 76.5 Å². The van der Waals surface area contributed by atoms with E-state index in [2.05, 4.69) is 121 Å². The first-order valence-corrected chi connectivity index (χ1v) is 17.8. The van der Waals surface area contributed by atoms with Crippen LogP contribution in [0.15, 0.2) is 131 Å². The van der Waals surface area contributed by atoms with Crippen LogP contribution in [-0.4, -0.2) is 11.5 Å². The maximum Gasteiger partial charge on any atom is 0.0208 e. The molecular weight excluding hydrogens is 633 g/mol. The quantitative estimate of drug-likeness (QED) is 0.0759. The van der Waals surface area contributed by atoms with Gasteiger partial charge in [0.25, 0.3) is 0 Å². The molecular formula is C42H32S4. The lowest BCUT2D eigenvalue weighted by Gasteiger charge is -2.26. The average molecular weight is 665 g/mol. The first-order chi connectivity index (χ1) is 22.6. The first kappa shape index (κ1) is 29.8. The van der Waals surface area contributed by atoms with E-state index in [0.29, 0.717) is 0 Å². The van der Waals surface area contributed by atoms with Crippen LogP contribution in [-0.2, 0) is 12.8 Å². The molecule has 0 aliphatic rings. The van der Waals surface area contributed by atoms with Crippen molar-refractivity contribution in [3.05, 3.63) is 132 Å². The van der Waals surface area contributed by atoms with Crippen LogP contribution in [0, 0.1) is 0 Å². The predicted molar refractivity (Wildman–Crippen MR) is 214 cm³/mol. The fourth-order valence-corrected chi connectivity index (χ4v) is 9.02. The van der Waals surface area contributed by atoms with E-state index in [4.69, 9.17) is 50.5 Å². The largest absolute Gasteiger partial charge is 0.179 e. The molecule has 0 aliphatic carbocycles. The van der Waals surface area contributed by atoms with Gasteiger partial charge in [-0.15, -0.1) is 25.3 Å². The maximum atomic E-state index is 5.59. The van der Waals surface area contributed by atoms with Gasteiger partial charge >= 0.3 is 0 Å². The molecule has 0 unspecified atom stereocenters. The topological polar surface area (TPSA) is 0 Å². The fourth-order valence-electron chi connectivity index (χ4n) is 7.64. The number of rotatable bonds is 6. The van der Waals surface area contributed by atoms with Crippen molar-refractivity contribution in [3.8, 4) is 22.3 Å². The zero-order chi connectivity index (χ0) is 31.4. The number of aryl methyl sites for hydroxylation is 2. The Morgan fingerprint density at radius 2 is 0.826 bits per heavy atom. The van der Waals surface area contributed by atoms with E-state index in [-0.39, 0.29) is 0 Å². The van der Waals surface area contributed by atoms with E-state index in [1.54, 1.807) is 0 Å². The number of hydrogen-bond donors (Lipinski definition) is 4. The second kappa shape index (κ2) is 12.2. The molecule has 0 saturated carbocycles. The van der Waals surface area contributed by atoms with Gasteiger partial charge in [0.15, 0.2) is 0 Å². The van der Waals surface area contributed by atoms with Crippen LogP contribution < -0.4 is 0 Å². The lowest BCUT2D eigenvalue weighted by atomic mass is 9.81. The minimum Gasteiger partial charge on any atom is -0.179 e. The smallest absolute Gasteiger partial charge is 0.0208 e. The zero-order valence-corrected chi connectivity index (χ0v) is 28.7. The molecule has 8 aromatic carbocycles. The third kappa shape index (κ3) is 4.57. The Balaban J connectivity index is 1.74. The molecule has 0 radical (unpaired) electrons. The van der Waals surface area contributed by atoms with E-state index >= 15 is 0 Å². The van der Waals surface area contributed by atoms with Gasteiger partial charge < -0.3 is 0 Å². The van der Waals surface area contributed by atoms with Crippen LogP contribution in [0.1, 0.15) is 11.1 Å². The summed E-state index contributed by atoms with van der Waals surface area (Å²) in [7, 11) is 0. The van der Waals surface area contributed by atoms with Crippen molar-refractivity contribution in [1.29, 1.82) is 0 Å². The van der Waals surface area contributed by atoms with Gasteiger partial charge in [-0.25, -0.2) is 0 Å². The molecule has 0 spiro atoms. The highest BCUT2D eigenvalue weighted by atomic mass is 32.1. The maximum absolute atomic E-state index is 5.59. The summed E-state index contributed by atoms with van der Waals surface area (Å²) in [4.78, 5) is 1.99. The van der Waals surface area contributed by atoms with Gasteiger partial charge in [-0.1, -0.05) is 121 Å². The Bertz CT molecular complexity index is 2450. The summed E-state index contributed by atoms with van der Waals surface area (Å²) < 4.78 is 0. The Kier molecular flexibility index (Phi) is 7.94. The lowest BCUT2D eigenvalue weighted by molar-refractivity contribution is 1.17. The van der Waals surface area contributed by atoms with Crippen LogP contribution in [0.2, 0.25) is 0 Å². The Morgan fingerprint density at radius 1 is 0.370 bits per heavy atom. The van der Waals surface area contributed by atoms with Gasteiger partial charge in [-0.2, -0.15) is 25.3 Å². The molecule has 0 nitrogen and oxygen atoms in total. The molecule has 0 bridgehead atoms. The Hall–Kier alpha value is -3.54. The van der Waals surface area contributed by atoms with E-state index in [0.717, 1.165) is 44.9 Å². The summed E-state index contributed by atoms with van der Waals surface area (Å²) in [6, 6.07) is 43.6. The molecule has 0 atom stereocenters. The standard InChI is InChI=1S/C42H32S4/c43-23-21-32-31-20-19-25-11-7-8-16-28(25)36(31)33(22-24-44)38-37(32)41(45)39-34(26-12-3-1-4-13-26)29-17-9-10-18-30(29)35(40(39)42(38)46)27-14-5-2-6-15-27/h1-20,43-46H,21-24H2. The SMILES string of the molecule is SCCc1c2ccc3ccccc3c2c(CCS)c2c(S)c3c(-c4ccccc4)c4ccccc4c(-c4ccccc4)c3c(S)c12. The zero-order valence-electron chi connectivity index (χ0n) is 25.2. The third-order valence-corrected chi connectivity index (χ3v) is 10.8. The second-order valence-corrected chi connectivity index (χ2v) is 13.6. The van der Waals surface area contributed by atoms with Crippen molar-refractivity contribution < 1.29 is 0 Å². The van der Waals surface area contributed by atoms with Gasteiger partial charge in [0.2, 0.25) is 0 Å². The van der Waals surface area contributed by atoms with Gasteiger partial charge in [-0.05, 0) is 90.0 Å². The van der Waals surface area contributed by atoms with Crippen molar-refractivity contribution in [2.24, 2.45) is 0 Å². The summed E-state index contributed by atoms with van der Waals surface area (Å²) in [6.45, 7) is 0. The van der Waals surface area contributed by atoms with E-state index in [1.807, 2.05) is 0 Å². The fraction of sp³-hybridized carbons (Fsp3) is 0.0952. The van der Waals surface area contributed by atoms with Crippen LogP contribution >= 0.6 is 50.5 Å². The Labute approximate surface area is 291 Å². The van der Waals surface area contributed by atoms with Crippen molar-refractivity contribution in [3.63, 3.8) is 0 Å². The third-order valence-electron chi connectivity index (χ3n) is 9.42. The van der Waals surface area contributed by atoms with Crippen LogP contribution in [0.4, 0.5) is 0 Å². The van der Waals surface area contributed by atoms with Gasteiger partial charge in [-0.3, -0.25) is 0 Å². The number of benzene rings is 8. The van der Waals surface area contributed by atoms with Crippen molar-refractivity contribution in [2.75, 3.05) is 11.5 Å². The molecule has 8 rings (SSSR count). The molecule has 46 heavy (non-hydrogen) atoms. The molecule has 4 heteroatoms. The summed E-state index contributed by atoms with van der Waals surface area (Å²) in [6.07, 6.45) is 1.64. The Morgan fingerprint density at radius 3 is 1.37 bits per heavy atom. The van der Waals surface area contributed by atoms with Crippen LogP contribution in [0.3, 0.4) is 0 Å². The van der Waals surface area contributed by atoms with E-state index < -0.39 is 0 Å². The molecule has 224 valence electrons. The molecule has 0 fully saturated rings. The van der Waals surface area contributed by atoms with Crippen LogP contribution in [0.25, 0.3) is 76.1 Å². The van der Waals surface area contributed by atoms with Gasteiger partial charge in [0.1, 0.15) is 0 Å². The molecule has 0 aromatic heterocycles.